The third kappa shape index (κ3) is 4.63. The molecule has 3 rings (SSSR count). The topological polar surface area (TPSA) is 83.0 Å². The fourth-order valence-electron chi connectivity index (χ4n) is 3.37. The number of rotatable bonds is 8. The van der Waals surface area contributed by atoms with Crippen LogP contribution in [0.15, 0.2) is 54.6 Å². The number of amides is 1. The van der Waals surface area contributed by atoms with Crippen molar-refractivity contribution in [2.75, 3.05) is 6.61 Å². The van der Waals surface area contributed by atoms with E-state index in [2.05, 4.69) is 40.7 Å². The van der Waals surface area contributed by atoms with E-state index in [-0.39, 0.29) is 6.61 Å². The molecule has 0 fully saturated rings. The molecule has 1 unspecified atom stereocenters. The average Bonchev–Trinajstić information content (AvgIpc) is 3.01. The maximum Gasteiger partial charge on any atom is 0.255 e. The van der Waals surface area contributed by atoms with Crippen LogP contribution in [0.3, 0.4) is 0 Å². The van der Waals surface area contributed by atoms with Gasteiger partial charge in [0.15, 0.2) is 11.0 Å². The summed E-state index contributed by atoms with van der Waals surface area (Å²) >= 11 is 0. The van der Waals surface area contributed by atoms with Crippen molar-refractivity contribution in [3.63, 3.8) is 0 Å². The van der Waals surface area contributed by atoms with E-state index < -0.39 is 5.91 Å². The first kappa shape index (κ1) is 18.9. The van der Waals surface area contributed by atoms with Gasteiger partial charge in [0.1, 0.15) is 0 Å². The molecule has 5 heteroatoms. The fourth-order valence-corrected chi connectivity index (χ4v) is 3.37. The molecule has 0 saturated carbocycles. The van der Waals surface area contributed by atoms with E-state index in [9.17, 15) is 9.90 Å². The highest BCUT2D eigenvalue weighted by Crippen LogP contribution is 2.21. The third-order valence-electron chi connectivity index (χ3n) is 4.76. The Balaban J connectivity index is 1.95. The van der Waals surface area contributed by atoms with Gasteiger partial charge in [0, 0.05) is 19.1 Å². The number of hydrogen-bond acceptors (Lipinski definition) is 2. The number of aliphatic hydroxyl groups is 1. The molecule has 0 aliphatic heterocycles. The van der Waals surface area contributed by atoms with Crippen molar-refractivity contribution < 1.29 is 14.5 Å². The van der Waals surface area contributed by atoms with E-state index >= 15 is 0 Å². The second-order valence-electron chi connectivity index (χ2n) is 6.83. The summed E-state index contributed by atoms with van der Waals surface area (Å²) in [5.74, 6) is 1.04. The molecule has 0 saturated heterocycles. The lowest BCUT2D eigenvalue weighted by atomic mass is 9.97. The molecule has 27 heavy (non-hydrogen) atoms. The Morgan fingerprint density at radius 2 is 2.04 bits per heavy atom. The van der Waals surface area contributed by atoms with E-state index in [0.717, 1.165) is 35.4 Å². The summed E-state index contributed by atoms with van der Waals surface area (Å²) in [7, 11) is 0. The molecule has 1 amide bonds. The van der Waals surface area contributed by atoms with Gasteiger partial charge in [0.05, 0.1) is 13.0 Å². The third-order valence-corrected chi connectivity index (χ3v) is 4.76. The first-order chi connectivity index (χ1) is 13.1. The second kappa shape index (κ2) is 8.64. The van der Waals surface area contributed by atoms with Crippen LogP contribution in [-0.2, 0) is 17.8 Å². The van der Waals surface area contributed by atoms with E-state index in [0.29, 0.717) is 12.3 Å². The Labute approximate surface area is 159 Å². The number of aromatic nitrogens is 2. The molecular weight excluding hydrogens is 338 g/mol. The van der Waals surface area contributed by atoms with Gasteiger partial charge in [0.2, 0.25) is 5.91 Å². The zero-order chi connectivity index (χ0) is 19.2. The van der Waals surface area contributed by atoms with Gasteiger partial charge < -0.3 is 10.8 Å². The van der Waals surface area contributed by atoms with Crippen LogP contribution in [0.4, 0.5) is 0 Å². The number of carbonyl (C=O) groups excluding carboxylic acids is 1. The molecule has 0 radical (unpaired) electrons. The van der Waals surface area contributed by atoms with Crippen molar-refractivity contribution in [3.05, 3.63) is 71.6 Å². The number of aryl methyl sites for hydroxylation is 1. The van der Waals surface area contributed by atoms with E-state index in [1.165, 1.54) is 11.6 Å². The zero-order valence-electron chi connectivity index (χ0n) is 15.6. The van der Waals surface area contributed by atoms with Crippen molar-refractivity contribution >= 4 is 23.0 Å². The number of aromatic amines is 1. The predicted octanol–water partition coefficient (Wildman–Crippen LogP) is 2.68. The predicted molar refractivity (Wildman–Crippen MR) is 107 cm³/mol. The van der Waals surface area contributed by atoms with Crippen molar-refractivity contribution in [2.24, 2.45) is 5.73 Å². The summed E-state index contributed by atoms with van der Waals surface area (Å²) in [4.78, 5) is 14.5. The average molecular weight is 364 g/mol. The molecule has 0 aliphatic rings. The number of aliphatic hydroxyl groups excluding tert-OH is 1. The van der Waals surface area contributed by atoms with E-state index in [1.54, 1.807) is 6.08 Å². The minimum atomic E-state index is -0.461. The van der Waals surface area contributed by atoms with Crippen molar-refractivity contribution in [1.29, 1.82) is 0 Å². The Morgan fingerprint density at radius 3 is 2.74 bits per heavy atom. The first-order valence-corrected chi connectivity index (χ1v) is 9.26. The summed E-state index contributed by atoms with van der Waals surface area (Å²) in [6, 6.07) is 16.5. The van der Waals surface area contributed by atoms with Gasteiger partial charge >= 0.3 is 0 Å². The number of H-pyrrole nitrogens is 1. The van der Waals surface area contributed by atoms with Crippen LogP contribution in [0.1, 0.15) is 36.2 Å². The molecule has 1 atom stereocenters. The quantitative estimate of drug-likeness (QED) is 0.424. The number of nitrogens with zero attached hydrogens (tertiary/aromatic N) is 1. The SMILES string of the molecule is CC(Cc1[nH]c2cc(/C=C/C(N)=O)ccc2[n+]1CCCO)c1ccccc1. The van der Waals surface area contributed by atoms with Gasteiger partial charge in [-0.05, 0) is 35.3 Å². The Hall–Kier alpha value is -2.92. The maximum absolute atomic E-state index is 11.0. The molecule has 2 aromatic carbocycles. The molecule has 140 valence electrons. The monoisotopic (exact) mass is 364 g/mol. The highest BCUT2D eigenvalue weighted by Gasteiger charge is 2.21. The maximum atomic E-state index is 11.0. The summed E-state index contributed by atoms with van der Waals surface area (Å²) in [5.41, 5.74) is 9.50. The van der Waals surface area contributed by atoms with Crippen molar-refractivity contribution in [1.82, 2.24) is 4.98 Å². The largest absolute Gasteiger partial charge is 0.396 e. The lowest BCUT2D eigenvalue weighted by Crippen LogP contribution is -2.38. The van der Waals surface area contributed by atoms with Crippen LogP contribution in [-0.4, -0.2) is 22.6 Å². The Morgan fingerprint density at radius 1 is 1.26 bits per heavy atom. The summed E-state index contributed by atoms with van der Waals surface area (Å²) in [6.45, 7) is 3.13. The number of fused-ring (bicyclic) bond motifs is 1. The molecule has 3 aromatic rings. The molecule has 1 aromatic heterocycles. The smallest absolute Gasteiger partial charge is 0.255 e. The number of nitrogens with two attached hydrogens (primary N) is 1. The molecule has 0 aliphatic carbocycles. The highest BCUT2D eigenvalue weighted by molar-refractivity contribution is 5.90. The zero-order valence-corrected chi connectivity index (χ0v) is 15.6. The Kier molecular flexibility index (Phi) is 6.04. The van der Waals surface area contributed by atoms with Crippen LogP contribution >= 0.6 is 0 Å². The van der Waals surface area contributed by atoms with Crippen LogP contribution in [0.5, 0.6) is 0 Å². The standard InChI is InChI=1S/C22H25N3O2/c1-16(18-6-3-2-4-7-18)14-22-24-19-15-17(9-11-21(23)27)8-10-20(19)25(22)12-5-13-26/h2-4,6-11,15-16,26H,5,12-14H2,1H3,(H2,23,27)/p+1/b11-9+. The fraction of sp³-hybridized carbons (Fsp3) is 0.273. The van der Waals surface area contributed by atoms with Gasteiger partial charge in [-0.1, -0.05) is 43.3 Å². The number of nitrogens with one attached hydrogen (secondary N) is 1. The minimum Gasteiger partial charge on any atom is -0.396 e. The lowest BCUT2D eigenvalue weighted by molar-refractivity contribution is -0.679. The van der Waals surface area contributed by atoms with Gasteiger partial charge in [-0.25, -0.2) is 9.55 Å². The van der Waals surface area contributed by atoms with Crippen LogP contribution in [0.2, 0.25) is 0 Å². The van der Waals surface area contributed by atoms with E-state index in [1.807, 2.05) is 24.3 Å². The number of carbonyl (C=O) groups is 1. The van der Waals surface area contributed by atoms with Crippen molar-refractivity contribution in [3.8, 4) is 0 Å². The van der Waals surface area contributed by atoms with Gasteiger partial charge in [-0.15, -0.1) is 0 Å². The number of primary amides is 1. The van der Waals surface area contributed by atoms with Crippen LogP contribution in [0, 0.1) is 0 Å². The molecule has 5 nitrogen and oxygen atoms in total. The number of imidazole rings is 1. The summed E-state index contributed by atoms with van der Waals surface area (Å²) in [5, 5.41) is 9.28. The van der Waals surface area contributed by atoms with Crippen molar-refractivity contribution in [2.45, 2.75) is 32.2 Å². The highest BCUT2D eigenvalue weighted by atomic mass is 16.3. The molecule has 1 heterocycles. The normalized spacial score (nSPS) is 12.7. The summed E-state index contributed by atoms with van der Waals surface area (Å²) < 4.78 is 2.24. The van der Waals surface area contributed by atoms with Gasteiger partial charge in [-0.3, -0.25) is 4.79 Å². The number of benzene rings is 2. The molecular formula is C22H26N3O2+. The Bertz CT molecular complexity index is 945. The lowest BCUT2D eigenvalue weighted by Gasteiger charge is -2.09. The van der Waals surface area contributed by atoms with Gasteiger partial charge in [0.25, 0.3) is 5.82 Å². The van der Waals surface area contributed by atoms with Gasteiger partial charge in [-0.2, -0.15) is 0 Å². The molecule has 0 bridgehead atoms. The van der Waals surface area contributed by atoms with Crippen LogP contribution in [0.25, 0.3) is 17.1 Å². The first-order valence-electron chi connectivity index (χ1n) is 9.26. The van der Waals surface area contributed by atoms with E-state index in [4.69, 9.17) is 5.73 Å². The minimum absolute atomic E-state index is 0.160. The molecule has 0 spiro atoms. The summed E-state index contributed by atoms with van der Waals surface area (Å²) in [6.07, 6.45) is 4.65. The second-order valence-corrected chi connectivity index (χ2v) is 6.83. The molecule has 4 N–H and O–H groups in total. The van der Waals surface area contributed by atoms with Crippen LogP contribution < -0.4 is 10.3 Å². The number of hydrogen-bond donors (Lipinski definition) is 3.